The van der Waals surface area contributed by atoms with Gasteiger partial charge in [-0.25, -0.2) is 0 Å². The van der Waals surface area contributed by atoms with Crippen molar-refractivity contribution in [3.8, 4) is 0 Å². The Hall–Kier alpha value is -1.59. The third kappa shape index (κ3) is 3.98. The van der Waals surface area contributed by atoms with Crippen molar-refractivity contribution < 1.29 is 9.59 Å². The van der Waals surface area contributed by atoms with Crippen molar-refractivity contribution >= 4 is 29.9 Å². The van der Waals surface area contributed by atoms with Crippen molar-refractivity contribution in [3.05, 3.63) is 30.3 Å². The number of carbonyl (C=O) groups is 2. The van der Waals surface area contributed by atoms with Crippen LogP contribution in [0.4, 0.5) is 5.69 Å². The lowest BCUT2D eigenvalue weighted by atomic mass is 9.74. The third-order valence-electron chi connectivity index (χ3n) is 5.47. The molecule has 6 heteroatoms. The van der Waals surface area contributed by atoms with Gasteiger partial charge in [0, 0.05) is 17.3 Å². The minimum Gasteiger partial charge on any atom is -0.344 e. The number of amides is 2. The van der Waals surface area contributed by atoms with E-state index in [4.69, 9.17) is 5.73 Å². The largest absolute Gasteiger partial charge is 0.344 e. The molecule has 1 aliphatic carbocycles. The molecule has 2 amide bonds. The Kier molecular flexibility index (Phi) is 6.12. The zero-order valence-electron chi connectivity index (χ0n) is 14.9. The van der Waals surface area contributed by atoms with Crippen molar-refractivity contribution in [2.24, 2.45) is 11.7 Å². The number of hydrogen-bond donors (Lipinski definition) is 2. The normalized spacial score (nSPS) is 32.2. The summed E-state index contributed by atoms with van der Waals surface area (Å²) in [7, 11) is 0. The Morgan fingerprint density at radius 1 is 1.28 bits per heavy atom. The maximum Gasteiger partial charge on any atom is 0.249 e. The van der Waals surface area contributed by atoms with E-state index < -0.39 is 11.6 Å². The summed E-state index contributed by atoms with van der Waals surface area (Å²) in [5.74, 6) is -0.308. The van der Waals surface area contributed by atoms with Crippen LogP contribution in [0.15, 0.2) is 30.3 Å². The quantitative estimate of drug-likeness (QED) is 0.864. The average molecular weight is 366 g/mol. The lowest BCUT2D eigenvalue weighted by Gasteiger charge is -2.37. The number of halogens is 1. The number of para-hydroxylation sites is 1. The Balaban J connectivity index is 0.00000225. The minimum absolute atomic E-state index is 0. The highest BCUT2D eigenvalue weighted by atomic mass is 35.5. The fourth-order valence-corrected chi connectivity index (χ4v) is 4.08. The first-order chi connectivity index (χ1) is 11.4. The molecule has 5 nitrogen and oxygen atoms in total. The van der Waals surface area contributed by atoms with Gasteiger partial charge in [0.25, 0.3) is 0 Å². The van der Waals surface area contributed by atoms with Crippen molar-refractivity contribution in [2.75, 3.05) is 4.90 Å². The number of carbonyl (C=O) groups excluding carboxylic acids is 2. The molecule has 1 saturated heterocycles. The fourth-order valence-electron chi connectivity index (χ4n) is 4.08. The first-order valence-electron chi connectivity index (χ1n) is 8.87. The van der Waals surface area contributed by atoms with E-state index in [2.05, 4.69) is 5.32 Å². The van der Waals surface area contributed by atoms with E-state index in [1.54, 1.807) is 4.90 Å². The predicted octanol–water partition coefficient (Wildman–Crippen LogP) is 2.63. The number of benzene rings is 1. The van der Waals surface area contributed by atoms with E-state index in [9.17, 15) is 9.59 Å². The predicted molar refractivity (Wildman–Crippen MR) is 102 cm³/mol. The summed E-state index contributed by atoms with van der Waals surface area (Å²) in [6.07, 6.45) is 4.38. The van der Waals surface area contributed by atoms with E-state index in [-0.39, 0.29) is 36.2 Å². The van der Waals surface area contributed by atoms with Gasteiger partial charge < -0.3 is 16.0 Å². The number of nitrogens with zero attached hydrogens (tertiary/aromatic N) is 1. The standard InChI is InChI=1S/C19H27N3O2.ClH/c1-13-12-16(18(24)22(13)14-8-4-3-5-9-14)21-17(23)15-10-6-7-11-19(15,2)20;/h3-5,8-9,13,15-16H,6-7,10-12,20H2,1-2H3,(H,21,23);1H. The highest BCUT2D eigenvalue weighted by Crippen LogP contribution is 2.32. The van der Waals surface area contributed by atoms with Gasteiger partial charge in [-0.1, -0.05) is 31.0 Å². The molecule has 3 N–H and O–H groups in total. The molecule has 1 aromatic rings. The van der Waals surface area contributed by atoms with Crippen LogP contribution in [0.25, 0.3) is 0 Å². The van der Waals surface area contributed by atoms with E-state index in [1.807, 2.05) is 44.2 Å². The molecule has 25 heavy (non-hydrogen) atoms. The number of nitrogens with two attached hydrogens (primary N) is 1. The molecule has 1 aliphatic heterocycles. The summed E-state index contributed by atoms with van der Waals surface area (Å²) in [6, 6.07) is 9.24. The summed E-state index contributed by atoms with van der Waals surface area (Å²) < 4.78 is 0. The average Bonchev–Trinajstić information content (AvgIpc) is 2.81. The van der Waals surface area contributed by atoms with E-state index >= 15 is 0 Å². The van der Waals surface area contributed by atoms with E-state index in [0.29, 0.717) is 6.42 Å². The Bertz CT molecular complexity index is 620. The third-order valence-corrected chi connectivity index (χ3v) is 5.47. The molecule has 1 aromatic carbocycles. The molecule has 0 aromatic heterocycles. The van der Waals surface area contributed by atoms with Crippen LogP contribution in [0.3, 0.4) is 0 Å². The molecular weight excluding hydrogens is 338 g/mol. The van der Waals surface area contributed by atoms with Gasteiger partial charge in [-0.2, -0.15) is 0 Å². The molecule has 0 radical (unpaired) electrons. The lowest BCUT2D eigenvalue weighted by molar-refractivity contribution is -0.131. The van der Waals surface area contributed by atoms with Gasteiger partial charge in [0.15, 0.2) is 0 Å². The van der Waals surface area contributed by atoms with Crippen LogP contribution in [0.2, 0.25) is 0 Å². The summed E-state index contributed by atoms with van der Waals surface area (Å²) in [4.78, 5) is 27.3. The maximum absolute atomic E-state index is 12.8. The SMILES string of the molecule is CC1CC(NC(=O)C2CCCCC2(C)N)C(=O)N1c1ccccc1.Cl. The minimum atomic E-state index is -0.477. The monoisotopic (exact) mass is 365 g/mol. The van der Waals surface area contributed by atoms with Crippen LogP contribution < -0.4 is 16.0 Å². The van der Waals surface area contributed by atoms with Gasteiger partial charge >= 0.3 is 0 Å². The zero-order valence-corrected chi connectivity index (χ0v) is 15.7. The fraction of sp³-hybridized carbons (Fsp3) is 0.579. The number of rotatable bonds is 3. The molecule has 0 spiro atoms. The Morgan fingerprint density at radius 3 is 2.60 bits per heavy atom. The van der Waals surface area contributed by atoms with Crippen molar-refractivity contribution in [1.29, 1.82) is 0 Å². The van der Waals surface area contributed by atoms with Gasteiger partial charge in [0.05, 0.1) is 5.92 Å². The molecule has 3 rings (SSSR count). The Morgan fingerprint density at radius 2 is 1.96 bits per heavy atom. The van der Waals surface area contributed by atoms with Crippen LogP contribution in [-0.2, 0) is 9.59 Å². The number of hydrogen-bond acceptors (Lipinski definition) is 3. The number of nitrogens with one attached hydrogen (secondary N) is 1. The van der Waals surface area contributed by atoms with Gasteiger partial charge in [-0.3, -0.25) is 9.59 Å². The van der Waals surface area contributed by atoms with Gasteiger partial charge in [0.1, 0.15) is 6.04 Å². The first-order valence-corrected chi connectivity index (χ1v) is 8.87. The van der Waals surface area contributed by atoms with Gasteiger partial charge in [-0.15, -0.1) is 12.4 Å². The van der Waals surface area contributed by atoms with E-state index in [0.717, 1.165) is 31.4 Å². The first kappa shape index (κ1) is 19.7. The summed E-state index contributed by atoms with van der Waals surface area (Å²) in [5, 5.41) is 2.97. The molecule has 2 aliphatic rings. The highest BCUT2D eigenvalue weighted by molar-refractivity contribution is 6.02. The van der Waals surface area contributed by atoms with Crippen LogP contribution >= 0.6 is 12.4 Å². The van der Waals surface area contributed by atoms with Gasteiger partial charge in [-0.05, 0) is 45.2 Å². The smallest absolute Gasteiger partial charge is 0.249 e. The van der Waals surface area contributed by atoms with Crippen LogP contribution in [-0.4, -0.2) is 29.4 Å². The summed E-state index contributed by atoms with van der Waals surface area (Å²) in [5.41, 5.74) is 6.73. The molecule has 2 fully saturated rings. The second kappa shape index (κ2) is 7.75. The summed E-state index contributed by atoms with van der Waals surface area (Å²) >= 11 is 0. The molecule has 4 unspecified atom stereocenters. The number of anilines is 1. The second-order valence-corrected chi connectivity index (χ2v) is 7.49. The van der Waals surface area contributed by atoms with Crippen LogP contribution in [0, 0.1) is 5.92 Å². The lowest BCUT2D eigenvalue weighted by Crippen LogP contribution is -2.55. The second-order valence-electron chi connectivity index (χ2n) is 7.49. The molecule has 0 bridgehead atoms. The van der Waals surface area contributed by atoms with Crippen molar-refractivity contribution in [3.63, 3.8) is 0 Å². The zero-order chi connectivity index (χ0) is 17.3. The summed E-state index contributed by atoms with van der Waals surface area (Å²) in [6.45, 7) is 3.97. The molecule has 4 atom stereocenters. The van der Waals surface area contributed by atoms with E-state index in [1.165, 1.54) is 0 Å². The maximum atomic E-state index is 12.8. The molecule has 138 valence electrons. The van der Waals surface area contributed by atoms with Crippen LogP contribution in [0.5, 0.6) is 0 Å². The molecule has 1 saturated carbocycles. The van der Waals surface area contributed by atoms with Gasteiger partial charge in [0.2, 0.25) is 11.8 Å². The highest BCUT2D eigenvalue weighted by Gasteiger charge is 2.42. The Labute approximate surface area is 155 Å². The topological polar surface area (TPSA) is 75.4 Å². The molecular formula is C19H28ClN3O2. The van der Waals surface area contributed by atoms with Crippen LogP contribution in [0.1, 0.15) is 46.0 Å². The van der Waals surface area contributed by atoms with Crippen molar-refractivity contribution in [2.45, 2.75) is 63.6 Å². The molecule has 1 heterocycles. The van der Waals surface area contributed by atoms with Crippen molar-refractivity contribution in [1.82, 2.24) is 5.32 Å².